The number of aromatic amines is 1. The van der Waals surface area contributed by atoms with Crippen LogP contribution in [0.4, 0.5) is 9.18 Å². The summed E-state index contributed by atoms with van der Waals surface area (Å²) in [6.45, 7) is 0.359. The van der Waals surface area contributed by atoms with E-state index in [-0.39, 0.29) is 0 Å². The molecule has 0 bridgehead atoms. The molecule has 2 amide bonds. The normalized spacial score (nSPS) is 16.8. The number of halogens is 2. The molecule has 2 heterocycles. The average Bonchev–Trinajstić information content (AvgIpc) is 3.19. The van der Waals surface area contributed by atoms with Gasteiger partial charge in [0.15, 0.2) is 0 Å². The first-order valence-electron chi connectivity index (χ1n) is 9.07. The minimum atomic E-state index is -0.768. The van der Waals surface area contributed by atoms with Crippen LogP contribution in [0.15, 0.2) is 29.0 Å². The highest BCUT2D eigenvalue weighted by molar-refractivity contribution is 9.10. The Kier molecular flexibility index (Phi) is 7.18. The van der Waals surface area contributed by atoms with Crippen LogP contribution in [0.3, 0.4) is 0 Å². The van der Waals surface area contributed by atoms with Crippen molar-refractivity contribution < 1.29 is 18.7 Å². The van der Waals surface area contributed by atoms with Crippen LogP contribution in [0.2, 0.25) is 0 Å². The van der Waals surface area contributed by atoms with E-state index in [4.69, 9.17) is 4.74 Å². The summed E-state index contributed by atoms with van der Waals surface area (Å²) in [7, 11) is 1.29. The Morgan fingerprint density at radius 1 is 1.52 bits per heavy atom. The van der Waals surface area contributed by atoms with Crippen LogP contribution in [0, 0.1) is 5.82 Å². The van der Waals surface area contributed by atoms with Gasteiger partial charge in [0.2, 0.25) is 0 Å². The number of carbonyl (C=O) groups excluding carboxylic acids is 2. The van der Waals surface area contributed by atoms with Crippen LogP contribution in [0.5, 0.6) is 0 Å². The third-order valence-corrected chi connectivity index (χ3v) is 5.97. The molecule has 2 aromatic rings. The number of imidazole rings is 1. The summed E-state index contributed by atoms with van der Waals surface area (Å²) < 4.78 is 20.2. The minimum Gasteiger partial charge on any atom is -0.467 e. The number of carbonyl (C=O) groups is 2. The van der Waals surface area contributed by atoms with E-state index >= 15 is 0 Å². The number of hydrogen-bond donors (Lipinski definition) is 2. The molecule has 7 nitrogen and oxygen atoms in total. The standard InChI is InChI=1S/C19H22BrFN4O3S/c1-28-18(26)15(6-8-29-2)24-19(27)25-7-5-14-16(23-10-22-14)17(25)12-4-3-11(20)9-13(12)21/h3-4,9-10,15,17H,5-8H2,1-2H3,(H,22,23)(H,24,27). The van der Waals surface area contributed by atoms with Crippen molar-refractivity contribution >= 4 is 39.7 Å². The lowest BCUT2D eigenvalue weighted by molar-refractivity contribution is -0.142. The Bertz CT molecular complexity index is 894. The predicted molar refractivity (Wildman–Crippen MR) is 112 cm³/mol. The zero-order valence-corrected chi connectivity index (χ0v) is 18.5. The third kappa shape index (κ3) is 4.75. The smallest absolute Gasteiger partial charge is 0.328 e. The Morgan fingerprint density at radius 2 is 2.31 bits per heavy atom. The largest absolute Gasteiger partial charge is 0.467 e. The summed E-state index contributed by atoms with van der Waals surface area (Å²) in [6.07, 6.45) is 4.47. The number of nitrogens with one attached hydrogen (secondary N) is 2. The van der Waals surface area contributed by atoms with Crippen molar-refractivity contribution in [3.63, 3.8) is 0 Å². The Morgan fingerprint density at radius 3 is 3.00 bits per heavy atom. The first-order chi connectivity index (χ1) is 14.0. The zero-order chi connectivity index (χ0) is 21.0. The fourth-order valence-electron chi connectivity index (χ4n) is 3.39. The van der Waals surface area contributed by atoms with Crippen molar-refractivity contribution in [2.24, 2.45) is 0 Å². The van der Waals surface area contributed by atoms with E-state index in [1.165, 1.54) is 18.1 Å². The van der Waals surface area contributed by atoms with Crippen molar-refractivity contribution in [2.75, 3.05) is 25.7 Å². The number of hydrogen-bond acceptors (Lipinski definition) is 5. The SMILES string of the molecule is COC(=O)C(CCSC)NC(=O)N1CCc2[nH]cnc2C1c1ccc(Br)cc1F. The van der Waals surface area contributed by atoms with Gasteiger partial charge in [-0.25, -0.2) is 19.0 Å². The van der Waals surface area contributed by atoms with E-state index in [0.29, 0.717) is 40.9 Å². The summed E-state index contributed by atoms with van der Waals surface area (Å²) in [5.41, 5.74) is 1.81. The molecule has 3 rings (SSSR count). The fourth-order valence-corrected chi connectivity index (χ4v) is 4.20. The molecule has 1 aliphatic rings. The molecule has 29 heavy (non-hydrogen) atoms. The maximum Gasteiger partial charge on any atom is 0.328 e. The van der Waals surface area contributed by atoms with Crippen molar-refractivity contribution in [1.29, 1.82) is 0 Å². The molecule has 2 unspecified atom stereocenters. The molecule has 0 saturated heterocycles. The lowest BCUT2D eigenvalue weighted by atomic mass is 9.95. The van der Waals surface area contributed by atoms with Gasteiger partial charge in [0, 0.05) is 28.7 Å². The van der Waals surface area contributed by atoms with Crippen LogP contribution >= 0.6 is 27.7 Å². The topological polar surface area (TPSA) is 87.3 Å². The summed E-state index contributed by atoms with van der Waals surface area (Å²) in [5.74, 6) is -0.255. The van der Waals surface area contributed by atoms with Gasteiger partial charge in [-0.1, -0.05) is 22.0 Å². The van der Waals surface area contributed by atoms with Gasteiger partial charge in [-0.2, -0.15) is 11.8 Å². The van der Waals surface area contributed by atoms with Crippen LogP contribution in [0.25, 0.3) is 0 Å². The molecule has 1 aliphatic heterocycles. The Hall–Kier alpha value is -2.07. The summed E-state index contributed by atoms with van der Waals surface area (Å²) >= 11 is 4.83. The molecule has 2 atom stereocenters. The predicted octanol–water partition coefficient (Wildman–Crippen LogP) is 3.26. The van der Waals surface area contributed by atoms with Crippen LogP contribution < -0.4 is 5.32 Å². The molecule has 1 aromatic heterocycles. The lowest BCUT2D eigenvalue weighted by Crippen LogP contribution is -2.51. The molecule has 2 N–H and O–H groups in total. The zero-order valence-electron chi connectivity index (χ0n) is 16.1. The monoisotopic (exact) mass is 484 g/mol. The maximum absolute atomic E-state index is 14.8. The number of rotatable bonds is 6. The van der Waals surface area contributed by atoms with Gasteiger partial charge in [-0.3, -0.25) is 0 Å². The van der Waals surface area contributed by atoms with E-state index < -0.39 is 29.9 Å². The lowest BCUT2D eigenvalue weighted by Gasteiger charge is -2.36. The van der Waals surface area contributed by atoms with Crippen LogP contribution in [-0.2, 0) is 16.0 Å². The second-order valence-electron chi connectivity index (χ2n) is 6.58. The van der Waals surface area contributed by atoms with Gasteiger partial charge in [0.25, 0.3) is 0 Å². The van der Waals surface area contributed by atoms with Gasteiger partial charge in [0.1, 0.15) is 17.9 Å². The highest BCUT2D eigenvalue weighted by atomic mass is 79.9. The summed E-state index contributed by atoms with van der Waals surface area (Å²) in [6, 6.07) is 2.81. The maximum atomic E-state index is 14.8. The molecule has 0 saturated carbocycles. The summed E-state index contributed by atoms with van der Waals surface area (Å²) in [5, 5.41) is 2.76. The van der Waals surface area contributed by atoms with E-state index in [0.717, 1.165) is 5.69 Å². The van der Waals surface area contributed by atoms with Crippen molar-refractivity contribution in [2.45, 2.75) is 24.9 Å². The molecule has 0 radical (unpaired) electrons. The second kappa shape index (κ2) is 9.62. The average molecular weight is 485 g/mol. The van der Waals surface area contributed by atoms with Gasteiger partial charge in [0.05, 0.1) is 19.1 Å². The number of nitrogens with zero attached hydrogens (tertiary/aromatic N) is 2. The van der Waals surface area contributed by atoms with Gasteiger partial charge in [-0.15, -0.1) is 0 Å². The van der Waals surface area contributed by atoms with Crippen LogP contribution in [0.1, 0.15) is 29.4 Å². The minimum absolute atomic E-state index is 0.343. The van der Waals surface area contributed by atoms with Crippen LogP contribution in [-0.4, -0.2) is 58.6 Å². The van der Waals surface area contributed by atoms with Crippen molar-refractivity contribution in [1.82, 2.24) is 20.2 Å². The number of benzene rings is 1. The number of urea groups is 1. The number of methoxy groups -OCH3 is 1. The number of aromatic nitrogens is 2. The van der Waals surface area contributed by atoms with Gasteiger partial charge < -0.3 is 19.9 Å². The number of fused-ring (bicyclic) bond motifs is 1. The molecule has 156 valence electrons. The number of esters is 1. The second-order valence-corrected chi connectivity index (χ2v) is 8.49. The summed E-state index contributed by atoms with van der Waals surface area (Å²) in [4.78, 5) is 34.1. The third-order valence-electron chi connectivity index (χ3n) is 4.84. The van der Waals surface area contributed by atoms with E-state index in [1.54, 1.807) is 30.2 Å². The Labute approximate surface area is 180 Å². The quantitative estimate of drug-likeness (QED) is 0.614. The molecule has 10 heteroatoms. The molecule has 0 spiro atoms. The number of thioether (sulfide) groups is 1. The number of ether oxygens (including phenoxy) is 1. The Balaban J connectivity index is 1.91. The first kappa shape index (κ1) is 21.6. The molecule has 0 aliphatic carbocycles. The number of amides is 2. The molecular formula is C19H22BrFN4O3S. The molecular weight excluding hydrogens is 463 g/mol. The van der Waals surface area contributed by atoms with E-state index in [2.05, 4.69) is 31.2 Å². The van der Waals surface area contributed by atoms with Gasteiger partial charge >= 0.3 is 12.0 Å². The highest BCUT2D eigenvalue weighted by Gasteiger charge is 2.37. The van der Waals surface area contributed by atoms with Crippen molar-refractivity contribution in [3.05, 3.63) is 51.8 Å². The van der Waals surface area contributed by atoms with Crippen molar-refractivity contribution in [3.8, 4) is 0 Å². The van der Waals surface area contributed by atoms with Gasteiger partial charge in [-0.05, 0) is 30.6 Å². The molecule has 0 fully saturated rings. The van der Waals surface area contributed by atoms with E-state index in [1.807, 2.05) is 6.26 Å². The first-order valence-corrected chi connectivity index (χ1v) is 11.3. The van der Waals surface area contributed by atoms with E-state index in [9.17, 15) is 14.0 Å². The number of H-pyrrole nitrogens is 1. The fraction of sp³-hybridized carbons (Fsp3) is 0.421. The molecule has 1 aromatic carbocycles. The highest BCUT2D eigenvalue weighted by Crippen LogP contribution is 2.35.